The summed E-state index contributed by atoms with van der Waals surface area (Å²) in [5.41, 5.74) is 5.41. The minimum absolute atomic E-state index is 0.00806. The van der Waals surface area contributed by atoms with Crippen molar-refractivity contribution in [3.63, 3.8) is 0 Å². The number of anilines is 2. The zero-order chi connectivity index (χ0) is 46.7. The van der Waals surface area contributed by atoms with Gasteiger partial charge in [0.2, 0.25) is 6.40 Å². The zero-order valence-corrected chi connectivity index (χ0v) is 36.2. The van der Waals surface area contributed by atoms with Crippen molar-refractivity contribution in [2.45, 2.75) is 6.61 Å². The molecule has 0 aliphatic carbocycles. The molecule has 332 valence electrons. The maximum atomic E-state index is 13.2. The van der Waals surface area contributed by atoms with E-state index in [1.807, 2.05) is 24.3 Å². The van der Waals surface area contributed by atoms with Crippen LogP contribution in [0, 0.1) is 0 Å². The maximum Gasteiger partial charge on any atom is 0.326 e. The number of amides is 3. The van der Waals surface area contributed by atoms with Crippen LogP contribution in [0.3, 0.4) is 0 Å². The van der Waals surface area contributed by atoms with Gasteiger partial charge in [-0.1, -0.05) is 101 Å². The van der Waals surface area contributed by atoms with Gasteiger partial charge < -0.3 is 25.2 Å². The normalized spacial score (nSPS) is 11.7. The minimum Gasteiger partial charge on any atom is -0.505 e. The van der Waals surface area contributed by atoms with Crippen LogP contribution in [-0.2, 0) is 16.3 Å². The molecule has 19 heteroatoms. The van der Waals surface area contributed by atoms with Crippen LogP contribution in [0.2, 0.25) is 10.0 Å². The summed E-state index contributed by atoms with van der Waals surface area (Å²) in [5.74, 6) is -1.50. The maximum absolute atomic E-state index is 13.2. The first-order chi connectivity index (χ1) is 32.6. The van der Waals surface area contributed by atoms with Crippen molar-refractivity contribution >= 4 is 109 Å². The largest absolute Gasteiger partial charge is 0.505 e. The number of phenolic OH excluding ortho intramolecular Hbond substituents is 2. The van der Waals surface area contributed by atoms with Gasteiger partial charge in [-0.15, -0.1) is 10.2 Å². The number of nitrogens with zero attached hydrogens (tertiary/aromatic N) is 7. The van der Waals surface area contributed by atoms with Gasteiger partial charge in [-0.2, -0.15) is 10.2 Å². The first-order valence-corrected chi connectivity index (χ1v) is 20.8. The van der Waals surface area contributed by atoms with Crippen LogP contribution in [0.4, 0.5) is 50.3 Å². The Bertz CT molecular complexity index is 3260. The molecule has 3 amide bonds. The second-order valence-corrected chi connectivity index (χ2v) is 15.0. The number of imide groups is 1. The Kier molecular flexibility index (Phi) is 13.8. The van der Waals surface area contributed by atoms with Gasteiger partial charge in [-0.25, -0.2) is 10.3 Å². The summed E-state index contributed by atoms with van der Waals surface area (Å²) in [6.45, 7) is -0.100. The lowest BCUT2D eigenvalue weighted by molar-refractivity contribution is -0.761. The van der Waals surface area contributed by atoms with E-state index in [4.69, 9.17) is 32.9 Å². The number of benzene rings is 8. The molecule has 0 saturated heterocycles. The van der Waals surface area contributed by atoms with E-state index in [2.05, 4.69) is 46.8 Å². The highest BCUT2D eigenvalue weighted by Crippen LogP contribution is 2.41. The first kappa shape index (κ1) is 44.7. The number of hydrogen-bond acceptors (Lipinski definition) is 13. The van der Waals surface area contributed by atoms with Crippen molar-refractivity contribution < 1.29 is 39.5 Å². The van der Waals surface area contributed by atoms with Crippen molar-refractivity contribution in [2.24, 2.45) is 30.7 Å². The number of phenols is 2. The van der Waals surface area contributed by atoms with Gasteiger partial charge in [-0.05, 0) is 83.6 Å². The molecule has 17 nitrogen and oxygen atoms in total. The fourth-order valence-electron chi connectivity index (χ4n) is 6.48. The summed E-state index contributed by atoms with van der Waals surface area (Å²) in [6, 6.07) is 43.0. The molecule has 0 saturated carbocycles. The van der Waals surface area contributed by atoms with E-state index < -0.39 is 17.7 Å². The quantitative estimate of drug-likeness (QED) is 0.0202. The lowest BCUT2D eigenvalue weighted by atomic mass is 10.0. The van der Waals surface area contributed by atoms with Crippen molar-refractivity contribution in [1.29, 1.82) is 0 Å². The van der Waals surface area contributed by atoms with Crippen LogP contribution in [0.15, 0.2) is 188 Å². The van der Waals surface area contributed by atoms with Crippen LogP contribution < -0.4 is 16.1 Å². The van der Waals surface area contributed by atoms with Crippen LogP contribution >= 0.6 is 23.2 Å². The van der Waals surface area contributed by atoms with Crippen molar-refractivity contribution in [2.75, 3.05) is 10.8 Å². The molecular weight excluding hydrogens is 899 g/mol. The highest BCUT2D eigenvalue weighted by molar-refractivity contribution is 6.34. The number of para-hydroxylation sites is 2. The number of rotatable bonds is 14. The van der Waals surface area contributed by atoms with E-state index in [1.165, 1.54) is 6.07 Å². The van der Waals surface area contributed by atoms with E-state index >= 15 is 0 Å². The monoisotopic (exact) mass is 933 g/mol. The zero-order valence-electron chi connectivity index (χ0n) is 34.7. The van der Waals surface area contributed by atoms with E-state index in [9.17, 15) is 25.0 Å². The fourth-order valence-corrected chi connectivity index (χ4v) is 6.83. The lowest BCUT2D eigenvalue weighted by Crippen LogP contribution is -2.34. The van der Waals surface area contributed by atoms with Gasteiger partial charge >= 0.3 is 6.03 Å². The molecule has 8 aromatic rings. The SMILES string of the molecule is O=C(NC(=O)c1cc2ccccc2c(N=Nc2ccc(N=[N+](O)c3ccc(N=Nc4c(O)c(CON=CONc5ccccc5Cl)cc5ccccc45)cc3)cc2)c1O)Nc1ccccc1Cl. The van der Waals surface area contributed by atoms with Gasteiger partial charge in [0.05, 0.1) is 43.5 Å². The Labute approximate surface area is 390 Å². The molecular formula is C48H35Cl2N10O7+. The summed E-state index contributed by atoms with van der Waals surface area (Å²) >= 11 is 12.2. The summed E-state index contributed by atoms with van der Waals surface area (Å²) in [5, 5.41) is 66.5. The smallest absolute Gasteiger partial charge is 0.326 e. The third kappa shape index (κ3) is 10.9. The Hall–Kier alpha value is -8.93. The first-order valence-electron chi connectivity index (χ1n) is 20.0. The summed E-state index contributed by atoms with van der Waals surface area (Å²) < 4.78 is 0. The highest BCUT2D eigenvalue weighted by Gasteiger charge is 2.21. The van der Waals surface area contributed by atoms with Gasteiger partial charge in [0.25, 0.3) is 11.6 Å². The number of carbonyl (C=O) groups excluding carboxylic acids is 2. The van der Waals surface area contributed by atoms with E-state index in [0.717, 1.165) is 11.8 Å². The number of urea groups is 1. The second kappa shape index (κ2) is 20.7. The molecule has 0 unspecified atom stereocenters. The van der Waals surface area contributed by atoms with Crippen LogP contribution in [0.5, 0.6) is 11.5 Å². The average Bonchev–Trinajstić information content (AvgIpc) is 3.34. The Morgan fingerprint density at radius 1 is 0.627 bits per heavy atom. The number of halogens is 2. The average molecular weight is 935 g/mol. The Balaban J connectivity index is 0.918. The third-order valence-electron chi connectivity index (χ3n) is 9.77. The molecule has 0 atom stereocenters. The van der Waals surface area contributed by atoms with Gasteiger partial charge in [0.1, 0.15) is 34.3 Å². The topological polar surface area (TPSA) is 227 Å². The highest BCUT2D eigenvalue weighted by atomic mass is 35.5. The van der Waals surface area contributed by atoms with E-state index in [0.29, 0.717) is 65.7 Å². The predicted octanol–water partition coefficient (Wildman–Crippen LogP) is 13.8. The summed E-state index contributed by atoms with van der Waals surface area (Å²) in [7, 11) is 0. The Morgan fingerprint density at radius 2 is 1.16 bits per heavy atom. The number of nitrogens with one attached hydrogen (secondary N) is 3. The molecule has 0 bridgehead atoms. The van der Waals surface area contributed by atoms with E-state index in [1.54, 1.807) is 127 Å². The molecule has 8 aromatic carbocycles. The number of azo groups is 3. The second-order valence-electron chi connectivity index (χ2n) is 14.2. The predicted molar refractivity (Wildman–Crippen MR) is 254 cm³/mol. The summed E-state index contributed by atoms with van der Waals surface area (Å²) in [6.07, 6.45) is 1.05. The van der Waals surface area contributed by atoms with E-state index in [-0.39, 0.29) is 34.3 Å². The third-order valence-corrected chi connectivity index (χ3v) is 10.4. The molecule has 0 aliphatic rings. The van der Waals surface area contributed by atoms with Crippen molar-refractivity contribution in [3.8, 4) is 11.5 Å². The molecule has 67 heavy (non-hydrogen) atoms. The number of oxime groups is 1. The van der Waals surface area contributed by atoms with Crippen LogP contribution in [-0.4, -0.2) is 38.6 Å². The van der Waals surface area contributed by atoms with Crippen molar-refractivity contribution in [3.05, 3.63) is 179 Å². The molecule has 0 spiro atoms. The number of aromatic hydroxyl groups is 2. The number of hydrogen-bond donors (Lipinski definition) is 6. The molecule has 6 N–H and O–H groups in total. The Morgan fingerprint density at radius 3 is 1.81 bits per heavy atom. The minimum atomic E-state index is -0.875. The van der Waals surface area contributed by atoms with Gasteiger partial charge in [0.15, 0.2) is 5.75 Å². The molecule has 0 fully saturated rings. The van der Waals surface area contributed by atoms with Crippen LogP contribution in [0.25, 0.3) is 21.5 Å². The van der Waals surface area contributed by atoms with Crippen molar-refractivity contribution in [1.82, 2.24) is 5.32 Å². The lowest BCUT2D eigenvalue weighted by Gasteiger charge is -2.11. The standard InChI is InChI=1S/C48H34Cl2N10O7/c49-39-13-5-7-15-41(39)52-48(64)53-47(63)38-26-30-10-2-4-12-37(30)44(46(38)62)57-54-32-17-19-34(20-18-32)58-60(65)35-23-21-33(22-24-35)55-56-43-36-11-3-1-9-29(36)25-31(45(43)61)27-66-51-28-67-59-42-16-8-6-14-40(42)50/h1-26,28,59,65H,27H2,(H3,52,53,55,61,63,64)/p+1. The molecule has 8 rings (SSSR count). The van der Waals surface area contributed by atoms with Gasteiger partial charge in [-0.3, -0.25) is 15.3 Å². The summed E-state index contributed by atoms with van der Waals surface area (Å²) in [4.78, 5) is 37.0. The fraction of sp³-hybridized carbons (Fsp3) is 0.0208. The number of carbonyl (C=O) groups is 2. The molecule has 0 radical (unpaired) electrons. The molecule has 0 heterocycles. The van der Waals surface area contributed by atoms with Crippen LogP contribution in [0.1, 0.15) is 15.9 Å². The molecule has 0 aromatic heterocycles. The molecule has 0 aliphatic heterocycles. The number of fused-ring (bicyclic) bond motifs is 2. The van der Waals surface area contributed by atoms with Gasteiger partial charge in [0, 0.05) is 28.5 Å².